The number of aryl methyl sites for hydroxylation is 1. The number of hydrogen-bond acceptors (Lipinski definition) is 3. The molecule has 2 radical (unpaired) electrons. The van der Waals surface area contributed by atoms with Gasteiger partial charge in [-0.3, -0.25) is 0 Å². The van der Waals surface area contributed by atoms with E-state index in [1.807, 2.05) is 19.9 Å². The lowest BCUT2D eigenvalue weighted by atomic mass is 10.2. The first-order chi connectivity index (χ1) is 8.76. The summed E-state index contributed by atoms with van der Waals surface area (Å²) in [6.45, 7) is 4.32. The van der Waals surface area contributed by atoms with Crippen molar-refractivity contribution in [3.63, 3.8) is 0 Å². The van der Waals surface area contributed by atoms with Gasteiger partial charge in [0, 0.05) is 13.2 Å². The van der Waals surface area contributed by atoms with Gasteiger partial charge in [-0.15, -0.1) is 0 Å². The molecule has 0 saturated heterocycles. The molecule has 0 aliphatic heterocycles. The molecular weight excluding hydrogens is 251 g/mol. The van der Waals surface area contributed by atoms with Crippen LogP contribution >= 0.6 is 0 Å². The van der Waals surface area contributed by atoms with Gasteiger partial charge < -0.3 is 13.9 Å². The van der Waals surface area contributed by atoms with E-state index >= 15 is 0 Å². The van der Waals surface area contributed by atoms with E-state index in [-0.39, 0.29) is 15.6 Å². The molecule has 0 amide bonds. The first-order valence-corrected chi connectivity index (χ1v) is 7.24. The minimum atomic E-state index is -0.578. The summed E-state index contributed by atoms with van der Waals surface area (Å²) >= 11 is 0. The second kappa shape index (κ2) is 9.21. The summed E-state index contributed by atoms with van der Waals surface area (Å²) in [4.78, 5) is 0. The molecular formula is C13H19FO3Si. The van der Waals surface area contributed by atoms with Crippen LogP contribution in [0.3, 0.4) is 0 Å². The molecule has 0 bridgehead atoms. The summed E-state index contributed by atoms with van der Waals surface area (Å²) in [5.74, 6) is -0.196. The minimum absolute atomic E-state index is 0.196. The normalized spacial score (nSPS) is 11.1. The van der Waals surface area contributed by atoms with Crippen LogP contribution in [0.4, 0.5) is 4.39 Å². The zero-order valence-electron chi connectivity index (χ0n) is 10.8. The predicted octanol–water partition coefficient (Wildman–Crippen LogP) is 2.78. The molecule has 100 valence electrons. The largest absolute Gasteiger partial charge is 0.372 e. The van der Waals surface area contributed by atoms with Gasteiger partial charge in [0.15, 0.2) is 0 Å². The Morgan fingerprint density at radius 3 is 2.56 bits per heavy atom. The van der Waals surface area contributed by atoms with E-state index in [4.69, 9.17) is 13.9 Å². The summed E-state index contributed by atoms with van der Waals surface area (Å²) in [5, 5.41) is 0. The van der Waals surface area contributed by atoms with Crippen LogP contribution in [-0.4, -0.2) is 29.5 Å². The molecule has 0 aliphatic rings. The van der Waals surface area contributed by atoms with Crippen LogP contribution in [0.2, 0.25) is 6.04 Å². The Hall–Kier alpha value is -0.753. The Bertz CT molecular complexity index is 330. The third-order valence-electron chi connectivity index (χ3n) is 2.19. The Kier molecular flexibility index (Phi) is 7.83. The molecule has 0 atom stereocenters. The third-order valence-corrected chi connectivity index (χ3v) is 3.00. The average molecular weight is 270 g/mol. The maximum absolute atomic E-state index is 12.9. The molecule has 3 nitrogen and oxygen atoms in total. The maximum Gasteiger partial charge on any atom is 0.261 e. The molecule has 0 aliphatic carbocycles. The van der Waals surface area contributed by atoms with Gasteiger partial charge in [0.1, 0.15) is 5.82 Å². The number of ether oxygens (including phenoxy) is 2. The molecule has 18 heavy (non-hydrogen) atoms. The molecule has 0 spiro atoms. The minimum Gasteiger partial charge on any atom is -0.372 e. The standard InChI is InChI=1S/C13H19FO3Si/c1-3-15-13(16-4-2)17-18-9-8-11-6-5-7-12(14)10-11/h5-7,10,13H,3-4,8-9H2,1-2H3. The van der Waals surface area contributed by atoms with E-state index in [2.05, 4.69) is 0 Å². The van der Waals surface area contributed by atoms with Gasteiger partial charge in [-0.1, -0.05) is 12.1 Å². The topological polar surface area (TPSA) is 27.7 Å². The van der Waals surface area contributed by atoms with Crippen LogP contribution in [0.15, 0.2) is 24.3 Å². The number of hydrogen-bond donors (Lipinski definition) is 0. The molecule has 1 aromatic carbocycles. The van der Waals surface area contributed by atoms with E-state index in [1.54, 1.807) is 12.1 Å². The van der Waals surface area contributed by atoms with Crippen LogP contribution in [0, 0.1) is 5.82 Å². The molecule has 0 unspecified atom stereocenters. The van der Waals surface area contributed by atoms with Crippen molar-refractivity contribution in [3.8, 4) is 0 Å². The lowest BCUT2D eigenvalue weighted by Gasteiger charge is -2.16. The first-order valence-electron chi connectivity index (χ1n) is 6.12. The highest BCUT2D eigenvalue weighted by atomic mass is 28.2. The zero-order valence-corrected chi connectivity index (χ0v) is 11.8. The Balaban J connectivity index is 2.20. The van der Waals surface area contributed by atoms with Gasteiger partial charge in [-0.2, -0.15) is 0 Å². The Morgan fingerprint density at radius 2 is 1.94 bits per heavy atom. The highest BCUT2D eigenvalue weighted by Crippen LogP contribution is 2.07. The Morgan fingerprint density at radius 1 is 1.22 bits per heavy atom. The second-order valence-electron chi connectivity index (χ2n) is 3.59. The summed E-state index contributed by atoms with van der Waals surface area (Å²) in [6, 6.07) is 7.46. The number of benzene rings is 1. The number of halogens is 1. The van der Waals surface area contributed by atoms with E-state index in [0.717, 1.165) is 18.0 Å². The van der Waals surface area contributed by atoms with Crippen molar-refractivity contribution in [1.29, 1.82) is 0 Å². The van der Waals surface area contributed by atoms with Crippen molar-refractivity contribution in [2.75, 3.05) is 13.2 Å². The first kappa shape index (κ1) is 15.3. The highest BCUT2D eigenvalue weighted by Gasteiger charge is 2.08. The molecule has 5 heteroatoms. The fourth-order valence-electron chi connectivity index (χ4n) is 1.40. The number of rotatable bonds is 9. The predicted molar refractivity (Wildman–Crippen MR) is 68.8 cm³/mol. The van der Waals surface area contributed by atoms with E-state index in [1.165, 1.54) is 6.07 Å². The van der Waals surface area contributed by atoms with E-state index in [9.17, 15) is 4.39 Å². The van der Waals surface area contributed by atoms with Gasteiger partial charge >= 0.3 is 0 Å². The van der Waals surface area contributed by atoms with E-state index in [0.29, 0.717) is 13.2 Å². The zero-order chi connectivity index (χ0) is 13.2. The fraction of sp³-hybridized carbons (Fsp3) is 0.538. The van der Waals surface area contributed by atoms with Crippen molar-refractivity contribution in [2.45, 2.75) is 32.8 Å². The maximum atomic E-state index is 12.9. The van der Waals surface area contributed by atoms with Gasteiger partial charge in [0.05, 0.1) is 0 Å². The molecule has 1 rings (SSSR count). The van der Waals surface area contributed by atoms with Crippen LogP contribution in [-0.2, 0) is 20.3 Å². The van der Waals surface area contributed by atoms with Crippen molar-refractivity contribution >= 4 is 9.76 Å². The van der Waals surface area contributed by atoms with Gasteiger partial charge in [0.2, 0.25) is 9.76 Å². The molecule has 0 fully saturated rings. The van der Waals surface area contributed by atoms with E-state index < -0.39 is 6.48 Å². The SMILES string of the molecule is CCOC(OCC)O[Si]CCc1cccc(F)c1. The van der Waals surface area contributed by atoms with Crippen LogP contribution in [0.5, 0.6) is 0 Å². The van der Waals surface area contributed by atoms with Gasteiger partial charge in [-0.25, -0.2) is 4.39 Å². The summed E-state index contributed by atoms with van der Waals surface area (Å²) in [5.41, 5.74) is 0.982. The van der Waals surface area contributed by atoms with Crippen molar-refractivity contribution in [2.24, 2.45) is 0 Å². The highest BCUT2D eigenvalue weighted by molar-refractivity contribution is 6.27. The van der Waals surface area contributed by atoms with Crippen molar-refractivity contribution in [3.05, 3.63) is 35.6 Å². The molecule has 0 heterocycles. The van der Waals surface area contributed by atoms with Crippen LogP contribution in [0.1, 0.15) is 19.4 Å². The third kappa shape index (κ3) is 6.25. The van der Waals surface area contributed by atoms with Crippen LogP contribution < -0.4 is 0 Å². The average Bonchev–Trinajstić information content (AvgIpc) is 2.35. The van der Waals surface area contributed by atoms with Gasteiger partial charge in [-0.05, 0) is 44.0 Å². The molecule has 0 aromatic heterocycles. The summed E-state index contributed by atoms with van der Waals surface area (Å²) in [7, 11) is 0.282. The van der Waals surface area contributed by atoms with Crippen molar-refractivity contribution < 1.29 is 18.3 Å². The summed E-state index contributed by atoms with van der Waals surface area (Å²) < 4.78 is 28.9. The lowest BCUT2D eigenvalue weighted by molar-refractivity contribution is -0.243. The van der Waals surface area contributed by atoms with Crippen LogP contribution in [0.25, 0.3) is 0 Å². The molecule has 0 N–H and O–H groups in total. The van der Waals surface area contributed by atoms with Crippen molar-refractivity contribution in [1.82, 2.24) is 0 Å². The van der Waals surface area contributed by atoms with Gasteiger partial charge in [0.25, 0.3) is 6.48 Å². The second-order valence-corrected chi connectivity index (χ2v) is 4.62. The fourth-order valence-corrected chi connectivity index (χ4v) is 2.18. The quantitative estimate of drug-likeness (QED) is 0.392. The summed E-state index contributed by atoms with van der Waals surface area (Å²) in [6.07, 6.45) is 0.793. The molecule has 1 aromatic rings. The monoisotopic (exact) mass is 270 g/mol. The Labute approximate surface area is 110 Å². The smallest absolute Gasteiger partial charge is 0.261 e. The molecule has 0 saturated carbocycles. The lowest BCUT2D eigenvalue weighted by Crippen LogP contribution is -2.23.